The van der Waals surface area contributed by atoms with Crippen molar-refractivity contribution in [1.29, 1.82) is 0 Å². The first-order valence-electron chi connectivity index (χ1n) is 6.18. The summed E-state index contributed by atoms with van der Waals surface area (Å²) in [5.74, 6) is 1.51. The fourth-order valence-electron chi connectivity index (χ4n) is 1.52. The monoisotopic (exact) mass is 247 g/mol. The number of carboxylic acids is 1. The Kier molecular flexibility index (Phi) is 9.83. The van der Waals surface area contributed by atoms with Gasteiger partial charge in [0, 0.05) is 6.04 Å². The molecule has 0 heterocycles. The molecule has 0 radical (unpaired) electrons. The summed E-state index contributed by atoms with van der Waals surface area (Å²) in [5, 5.41) is 12.2. The van der Waals surface area contributed by atoms with Crippen molar-refractivity contribution in [2.24, 2.45) is 0 Å². The first-order valence-corrected chi connectivity index (χ1v) is 7.33. The van der Waals surface area contributed by atoms with E-state index < -0.39 is 5.97 Å². The van der Waals surface area contributed by atoms with Gasteiger partial charge in [-0.15, -0.1) is 0 Å². The molecule has 0 aromatic rings. The second-order valence-electron chi connectivity index (χ2n) is 4.09. The van der Waals surface area contributed by atoms with Crippen molar-refractivity contribution in [2.75, 3.05) is 11.5 Å². The Morgan fingerprint density at radius 3 is 2.56 bits per heavy atom. The van der Waals surface area contributed by atoms with Gasteiger partial charge in [-0.1, -0.05) is 26.7 Å². The van der Waals surface area contributed by atoms with Crippen molar-refractivity contribution < 1.29 is 9.90 Å². The zero-order valence-electron chi connectivity index (χ0n) is 10.7. The number of unbranched alkanes of at least 4 members (excludes halogenated alkanes) is 1. The number of aliphatic carboxylic acids is 1. The number of thioether (sulfide) groups is 1. The maximum atomic E-state index is 11.0. The van der Waals surface area contributed by atoms with Crippen LogP contribution in [0.5, 0.6) is 0 Å². The summed E-state index contributed by atoms with van der Waals surface area (Å²) < 4.78 is 0. The molecule has 0 saturated carbocycles. The van der Waals surface area contributed by atoms with E-state index in [2.05, 4.69) is 26.1 Å². The first-order chi connectivity index (χ1) is 7.61. The van der Waals surface area contributed by atoms with Crippen LogP contribution in [-0.4, -0.2) is 34.7 Å². The molecule has 0 amide bonds. The van der Waals surface area contributed by atoms with Crippen molar-refractivity contribution in [2.45, 2.75) is 58.5 Å². The fraction of sp³-hybridized carbons (Fsp3) is 0.917. The van der Waals surface area contributed by atoms with Crippen LogP contribution in [0.25, 0.3) is 0 Å². The molecule has 2 unspecified atom stereocenters. The van der Waals surface area contributed by atoms with Gasteiger partial charge in [-0.3, -0.25) is 4.79 Å². The molecule has 0 aromatic heterocycles. The Bertz CT molecular complexity index is 188. The highest BCUT2D eigenvalue weighted by atomic mass is 32.2. The zero-order valence-corrected chi connectivity index (χ0v) is 11.5. The van der Waals surface area contributed by atoms with Crippen LogP contribution in [0.3, 0.4) is 0 Å². The molecule has 0 bridgehead atoms. The molecule has 0 aliphatic heterocycles. The number of carboxylic acid groups (broad SMARTS) is 1. The predicted octanol–water partition coefficient (Wildman–Crippen LogP) is 2.75. The molecule has 2 atom stereocenters. The van der Waals surface area contributed by atoms with Crippen LogP contribution in [-0.2, 0) is 4.79 Å². The SMILES string of the molecule is CCCCC(NC(C)CCSCC)C(=O)O. The summed E-state index contributed by atoms with van der Waals surface area (Å²) in [6, 6.07) is -0.0846. The molecule has 4 heteroatoms. The molecule has 0 spiro atoms. The summed E-state index contributed by atoms with van der Waals surface area (Å²) in [5.41, 5.74) is 0. The van der Waals surface area contributed by atoms with E-state index in [0.717, 1.165) is 37.2 Å². The van der Waals surface area contributed by atoms with Crippen molar-refractivity contribution >= 4 is 17.7 Å². The minimum absolute atomic E-state index is 0.289. The molecule has 96 valence electrons. The van der Waals surface area contributed by atoms with E-state index in [0.29, 0.717) is 0 Å². The summed E-state index contributed by atoms with van der Waals surface area (Å²) in [7, 11) is 0. The maximum absolute atomic E-state index is 11.0. The number of hydrogen-bond donors (Lipinski definition) is 2. The largest absolute Gasteiger partial charge is 0.480 e. The average molecular weight is 247 g/mol. The molecule has 0 rings (SSSR count). The van der Waals surface area contributed by atoms with Crippen LogP contribution < -0.4 is 5.32 Å². The van der Waals surface area contributed by atoms with Gasteiger partial charge in [0.1, 0.15) is 6.04 Å². The highest BCUT2D eigenvalue weighted by molar-refractivity contribution is 7.99. The Balaban J connectivity index is 3.83. The van der Waals surface area contributed by atoms with Gasteiger partial charge in [-0.2, -0.15) is 11.8 Å². The number of hydrogen-bond acceptors (Lipinski definition) is 3. The molecule has 0 aromatic carbocycles. The van der Waals surface area contributed by atoms with Crippen LogP contribution in [0, 0.1) is 0 Å². The van der Waals surface area contributed by atoms with E-state index >= 15 is 0 Å². The normalized spacial score (nSPS) is 14.7. The van der Waals surface area contributed by atoms with Gasteiger partial charge in [-0.25, -0.2) is 0 Å². The van der Waals surface area contributed by atoms with Gasteiger partial charge >= 0.3 is 5.97 Å². The minimum Gasteiger partial charge on any atom is -0.480 e. The van der Waals surface area contributed by atoms with E-state index in [-0.39, 0.29) is 12.1 Å². The van der Waals surface area contributed by atoms with Crippen LogP contribution in [0.2, 0.25) is 0 Å². The first kappa shape index (κ1) is 15.8. The molecular weight excluding hydrogens is 222 g/mol. The van der Waals surface area contributed by atoms with Gasteiger partial charge in [0.2, 0.25) is 0 Å². The average Bonchev–Trinajstić information content (AvgIpc) is 2.24. The number of carbonyl (C=O) groups is 1. The third-order valence-electron chi connectivity index (χ3n) is 2.53. The highest BCUT2D eigenvalue weighted by Gasteiger charge is 2.18. The van der Waals surface area contributed by atoms with E-state index in [9.17, 15) is 4.79 Å². The predicted molar refractivity (Wildman–Crippen MR) is 71.2 cm³/mol. The topological polar surface area (TPSA) is 49.3 Å². The summed E-state index contributed by atoms with van der Waals surface area (Å²) in [4.78, 5) is 11.0. The Morgan fingerprint density at radius 1 is 1.38 bits per heavy atom. The standard InChI is InChI=1S/C12H25NO2S/c1-4-6-7-11(12(14)15)13-10(3)8-9-16-5-2/h10-11,13H,4-9H2,1-3H3,(H,14,15). The number of nitrogens with one attached hydrogen (secondary N) is 1. The molecule has 16 heavy (non-hydrogen) atoms. The lowest BCUT2D eigenvalue weighted by Crippen LogP contribution is -2.42. The Morgan fingerprint density at radius 2 is 2.06 bits per heavy atom. The van der Waals surface area contributed by atoms with Gasteiger partial charge in [0.25, 0.3) is 0 Å². The van der Waals surface area contributed by atoms with Crippen molar-refractivity contribution in [3.63, 3.8) is 0 Å². The van der Waals surface area contributed by atoms with Crippen LogP contribution in [0.1, 0.15) is 46.5 Å². The van der Waals surface area contributed by atoms with Gasteiger partial charge < -0.3 is 10.4 Å². The third kappa shape index (κ3) is 7.99. The molecule has 0 aliphatic carbocycles. The third-order valence-corrected chi connectivity index (χ3v) is 3.46. The molecule has 0 aliphatic rings. The van der Waals surface area contributed by atoms with E-state index in [1.54, 1.807) is 0 Å². The second kappa shape index (κ2) is 9.97. The fourth-order valence-corrected chi connectivity index (χ4v) is 2.33. The van der Waals surface area contributed by atoms with Crippen LogP contribution in [0.15, 0.2) is 0 Å². The maximum Gasteiger partial charge on any atom is 0.320 e. The Labute approximate surface area is 103 Å². The second-order valence-corrected chi connectivity index (χ2v) is 5.48. The Hall–Kier alpha value is -0.220. The summed E-state index contributed by atoms with van der Waals surface area (Å²) >= 11 is 1.90. The number of rotatable bonds is 10. The van der Waals surface area contributed by atoms with Crippen molar-refractivity contribution in [3.05, 3.63) is 0 Å². The van der Waals surface area contributed by atoms with E-state index in [1.807, 2.05) is 11.8 Å². The molecule has 2 N–H and O–H groups in total. The van der Waals surface area contributed by atoms with Crippen LogP contribution in [0.4, 0.5) is 0 Å². The zero-order chi connectivity index (χ0) is 12.4. The minimum atomic E-state index is -0.719. The molecule has 0 fully saturated rings. The van der Waals surface area contributed by atoms with E-state index in [4.69, 9.17) is 5.11 Å². The lowest BCUT2D eigenvalue weighted by molar-refractivity contribution is -0.139. The van der Waals surface area contributed by atoms with Crippen molar-refractivity contribution in [1.82, 2.24) is 5.32 Å². The molecule has 3 nitrogen and oxygen atoms in total. The highest BCUT2D eigenvalue weighted by Crippen LogP contribution is 2.07. The lowest BCUT2D eigenvalue weighted by Gasteiger charge is -2.19. The molecule has 0 saturated heterocycles. The summed E-state index contributed by atoms with van der Waals surface area (Å²) in [6.07, 6.45) is 3.79. The van der Waals surface area contributed by atoms with Gasteiger partial charge in [0.15, 0.2) is 0 Å². The van der Waals surface area contributed by atoms with Crippen LogP contribution >= 0.6 is 11.8 Å². The smallest absolute Gasteiger partial charge is 0.320 e. The molecular formula is C12H25NO2S. The van der Waals surface area contributed by atoms with Crippen molar-refractivity contribution in [3.8, 4) is 0 Å². The quantitative estimate of drug-likeness (QED) is 0.583. The summed E-state index contributed by atoms with van der Waals surface area (Å²) in [6.45, 7) is 6.29. The lowest BCUT2D eigenvalue weighted by atomic mass is 10.1. The van der Waals surface area contributed by atoms with E-state index in [1.165, 1.54) is 0 Å². The van der Waals surface area contributed by atoms with Gasteiger partial charge in [0.05, 0.1) is 0 Å². The van der Waals surface area contributed by atoms with Gasteiger partial charge in [-0.05, 0) is 31.3 Å².